The Morgan fingerprint density at radius 1 is 1.23 bits per heavy atom. The monoisotopic (exact) mass is 339 g/mol. The van der Waals surface area contributed by atoms with Crippen molar-refractivity contribution in [3.63, 3.8) is 0 Å². The van der Waals surface area contributed by atoms with Gasteiger partial charge in [-0.2, -0.15) is 0 Å². The van der Waals surface area contributed by atoms with Gasteiger partial charge in [0, 0.05) is 15.8 Å². The first kappa shape index (κ1) is 17.1. The Hall–Kier alpha value is -1.21. The van der Waals surface area contributed by atoms with Gasteiger partial charge in [-0.3, -0.25) is 0 Å². The van der Waals surface area contributed by atoms with Crippen LogP contribution in [-0.4, -0.2) is 19.6 Å². The average Bonchev–Trinajstić information content (AvgIpc) is 2.79. The number of benzene rings is 1. The van der Waals surface area contributed by atoms with Crippen molar-refractivity contribution in [1.29, 1.82) is 0 Å². The molecule has 0 fully saturated rings. The minimum absolute atomic E-state index is 0.325. The zero-order chi connectivity index (χ0) is 16.3. The highest BCUT2D eigenvalue weighted by Crippen LogP contribution is 2.25. The number of hydrogen-bond acceptors (Lipinski definition) is 4. The van der Waals surface area contributed by atoms with Crippen molar-refractivity contribution in [3.05, 3.63) is 51.7 Å². The summed E-state index contributed by atoms with van der Waals surface area (Å²) in [6.07, 6.45) is -0.366. The van der Waals surface area contributed by atoms with E-state index in [2.05, 4.69) is 4.72 Å². The molecule has 0 aliphatic rings. The van der Waals surface area contributed by atoms with Crippen LogP contribution in [0.5, 0.6) is 0 Å². The van der Waals surface area contributed by atoms with Crippen molar-refractivity contribution in [3.8, 4) is 0 Å². The molecule has 0 bridgehead atoms. The highest BCUT2D eigenvalue weighted by molar-refractivity contribution is 7.89. The lowest BCUT2D eigenvalue weighted by Crippen LogP contribution is -2.33. The van der Waals surface area contributed by atoms with E-state index in [4.69, 9.17) is 0 Å². The summed E-state index contributed by atoms with van der Waals surface area (Å²) in [7, 11) is -3.55. The molecular weight excluding hydrogens is 318 g/mol. The van der Waals surface area contributed by atoms with Gasteiger partial charge in [-0.1, -0.05) is 30.3 Å². The van der Waals surface area contributed by atoms with Crippen molar-refractivity contribution < 1.29 is 13.5 Å². The first-order valence-electron chi connectivity index (χ1n) is 7.12. The van der Waals surface area contributed by atoms with E-state index in [0.29, 0.717) is 11.3 Å². The van der Waals surface area contributed by atoms with Crippen LogP contribution in [0.15, 0.2) is 41.3 Å². The van der Waals surface area contributed by atoms with Crippen molar-refractivity contribution >= 4 is 21.4 Å². The maximum Gasteiger partial charge on any atom is 0.241 e. The van der Waals surface area contributed by atoms with Gasteiger partial charge in [-0.15, -0.1) is 11.3 Å². The maximum atomic E-state index is 12.4. The molecule has 2 aromatic rings. The fraction of sp³-hybridized carbons (Fsp3) is 0.375. The molecule has 0 radical (unpaired) electrons. The molecule has 2 unspecified atom stereocenters. The summed E-state index contributed by atoms with van der Waals surface area (Å²) in [4.78, 5) is 2.08. The van der Waals surface area contributed by atoms with Crippen LogP contribution in [0.3, 0.4) is 0 Å². The van der Waals surface area contributed by atoms with Gasteiger partial charge in [0.1, 0.15) is 0 Å². The van der Waals surface area contributed by atoms with E-state index in [9.17, 15) is 13.5 Å². The maximum absolute atomic E-state index is 12.4. The second-order valence-corrected chi connectivity index (χ2v) is 8.60. The third-order valence-electron chi connectivity index (χ3n) is 3.40. The molecule has 0 spiro atoms. The smallest absolute Gasteiger partial charge is 0.241 e. The summed E-state index contributed by atoms with van der Waals surface area (Å²) in [6.45, 7) is 5.45. The molecule has 0 aliphatic carbocycles. The van der Waals surface area contributed by atoms with Gasteiger partial charge in [0.05, 0.1) is 11.0 Å². The van der Waals surface area contributed by atoms with Gasteiger partial charge in [0.25, 0.3) is 0 Å². The second-order valence-electron chi connectivity index (χ2n) is 5.46. The third-order valence-corrected chi connectivity index (χ3v) is 6.21. The topological polar surface area (TPSA) is 66.4 Å². The molecule has 1 aromatic heterocycles. The number of thiophene rings is 1. The number of rotatable bonds is 6. The summed E-state index contributed by atoms with van der Waals surface area (Å²) in [5.74, 6) is 0. The zero-order valence-corrected chi connectivity index (χ0v) is 14.5. The summed E-state index contributed by atoms with van der Waals surface area (Å²) in [5, 5.41) is 10.2. The van der Waals surface area contributed by atoms with Crippen molar-refractivity contribution in [2.45, 2.75) is 44.2 Å². The van der Waals surface area contributed by atoms with Crippen LogP contribution < -0.4 is 4.72 Å². The van der Waals surface area contributed by atoms with Crippen molar-refractivity contribution in [2.24, 2.45) is 0 Å². The SMILES string of the molecule is Cc1cc(S(=O)(=O)NC(C)CC(O)c2ccccc2)c(C)s1. The number of aliphatic hydroxyl groups is 1. The average molecular weight is 339 g/mol. The van der Waals surface area contributed by atoms with Crippen molar-refractivity contribution in [1.82, 2.24) is 4.72 Å². The normalized spacial score (nSPS) is 14.7. The zero-order valence-electron chi connectivity index (χ0n) is 12.9. The van der Waals surface area contributed by atoms with Gasteiger partial charge in [-0.25, -0.2) is 13.1 Å². The van der Waals surface area contributed by atoms with Gasteiger partial charge < -0.3 is 5.11 Å². The molecule has 6 heteroatoms. The molecule has 0 saturated carbocycles. The Morgan fingerprint density at radius 2 is 1.86 bits per heavy atom. The molecule has 4 nitrogen and oxygen atoms in total. The third kappa shape index (κ3) is 4.16. The molecule has 2 N–H and O–H groups in total. The predicted octanol–water partition coefficient (Wildman–Crippen LogP) is 3.16. The molecule has 0 aliphatic heterocycles. The molecule has 22 heavy (non-hydrogen) atoms. The molecule has 1 aromatic carbocycles. The summed E-state index contributed by atoms with van der Waals surface area (Å²) in [6, 6.07) is 10.6. The molecular formula is C16H21NO3S2. The van der Waals surface area contributed by atoms with Crippen LogP contribution in [0, 0.1) is 13.8 Å². The fourth-order valence-electron chi connectivity index (χ4n) is 2.40. The number of hydrogen-bond donors (Lipinski definition) is 2. The molecule has 2 atom stereocenters. The number of aliphatic hydroxyl groups excluding tert-OH is 1. The lowest BCUT2D eigenvalue weighted by atomic mass is 10.0. The molecule has 0 saturated heterocycles. The van der Waals surface area contributed by atoms with Crippen LogP contribution >= 0.6 is 11.3 Å². The van der Waals surface area contributed by atoms with Crippen LogP contribution in [0.1, 0.15) is 34.8 Å². The van der Waals surface area contributed by atoms with Crippen LogP contribution in [0.4, 0.5) is 0 Å². The van der Waals surface area contributed by atoms with Gasteiger partial charge >= 0.3 is 0 Å². The number of aryl methyl sites for hydroxylation is 2. The first-order chi connectivity index (χ1) is 10.3. The summed E-state index contributed by atoms with van der Waals surface area (Å²) >= 11 is 1.47. The Morgan fingerprint density at radius 3 is 2.41 bits per heavy atom. The Kier molecular flexibility index (Phi) is 5.39. The van der Waals surface area contributed by atoms with Gasteiger partial charge in [0.2, 0.25) is 10.0 Å². The van der Waals surface area contributed by atoms with Gasteiger partial charge in [0.15, 0.2) is 0 Å². The van der Waals surface area contributed by atoms with E-state index < -0.39 is 16.1 Å². The van der Waals surface area contributed by atoms with E-state index in [1.165, 1.54) is 11.3 Å². The highest BCUT2D eigenvalue weighted by atomic mass is 32.2. The lowest BCUT2D eigenvalue weighted by Gasteiger charge is -2.18. The van der Waals surface area contributed by atoms with Crippen LogP contribution in [-0.2, 0) is 10.0 Å². The first-order valence-corrected chi connectivity index (χ1v) is 9.42. The largest absolute Gasteiger partial charge is 0.388 e. The summed E-state index contributed by atoms with van der Waals surface area (Å²) < 4.78 is 27.5. The quantitative estimate of drug-likeness (QED) is 0.849. The number of sulfonamides is 1. The molecule has 2 rings (SSSR count). The Balaban J connectivity index is 2.05. The molecule has 1 heterocycles. The van der Waals surface area contributed by atoms with Crippen molar-refractivity contribution in [2.75, 3.05) is 0 Å². The number of nitrogens with one attached hydrogen (secondary N) is 1. The van der Waals surface area contributed by atoms with E-state index in [0.717, 1.165) is 15.3 Å². The van der Waals surface area contributed by atoms with E-state index in [1.807, 2.05) is 37.3 Å². The van der Waals surface area contributed by atoms with Gasteiger partial charge in [-0.05, 0) is 38.8 Å². The van der Waals surface area contributed by atoms with Crippen LogP contribution in [0.25, 0.3) is 0 Å². The highest BCUT2D eigenvalue weighted by Gasteiger charge is 2.23. The standard InChI is InChI=1S/C16H21NO3S2/c1-11(9-15(18)14-7-5-4-6-8-14)17-22(19,20)16-10-12(2)21-13(16)3/h4-8,10-11,15,17-18H,9H2,1-3H3. The summed E-state index contributed by atoms with van der Waals surface area (Å²) in [5.41, 5.74) is 0.788. The predicted molar refractivity (Wildman–Crippen MR) is 89.6 cm³/mol. The second kappa shape index (κ2) is 6.91. The minimum Gasteiger partial charge on any atom is -0.388 e. The Labute approximate surface area is 135 Å². The fourth-order valence-corrected chi connectivity index (χ4v) is 5.21. The molecule has 120 valence electrons. The molecule has 0 amide bonds. The Bertz CT molecular complexity index is 723. The van der Waals surface area contributed by atoms with E-state index >= 15 is 0 Å². The lowest BCUT2D eigenvalue weighted by molar-refractivity contribution is 0.158. The van der Waals surface area contributed by atoms with Crippen LogP contribution in [0.2, 0.25) is 0 Å². The van der Waals surface area contributed by atoms with E-state index in [-0.39, 0.29) is 6.04 Å². The van der Waals surface area contributed by atoms with E-state index in [1.54, 1.807) is 19.9 Å². The minimum atomic E-state index is -3.55.